The Morgan fingerprint density at radius 3 is 2.08 bits per heavy atom. The third-order valence-corrected chi connectivity index (χ3v) is 1.59. The maximum absolute atomic E-state index is 9.98. The van der Waals surface area contributed by atoms with Gasteiger partial charge in [0, 0.05) is 6.10 Å². The fourth-order valence-electron chi connectivity index (χ4n) is 0.411. The normalized spacial score (nSPS) is 10.1. The van der Waals surface area contributed by atoms with Crippen LogP contribution in [0.3, 0.4) is 0 Å². The van der Waals surface area contributed by atoms with Gasteiger partial charge in [0.05, 0.1) is 0 Å². The Morgan fingerprint density at radius 2 is 1.85 bits per heavy atom. The molecule has 0 saturated carbocycles. The summed E-state index contributed by atoms with van der Waals surface area (Å²) < 4.78 is 10.3. The van der Waals surface area contributed by atoms with Crippen LogP contribution in [0, 0.1) is 5.75 Å². The van der Waals surface area contributed by atoms with E-state index < -0.39 is 0 Å². The van der Waals surface area contributed by atoms with Gasteiger partial charge < -0.3 is 5.11 Å². The van der Waals surface area contributed by atoms with Gasteiger partial charge in [-0.25, -0.2) is 0 Å². The molecule has 2 N–H and O–H groups in total. The Kier molecular flexibility index (Phi) is 10.0. The van der Waals surface area contributed by atoms with Crippen LogP contribution in [-0.4, -0.2) is 48.0 Å². The van der Waals surface area contributed by atoms with E-state index in [0.717, 1.165) is 0 Å². The summed E-state index contributed by atoms with van der Waals surface area (Å²) in [5, 5.41) is 16.5. The first-order chi connectivity index (χ1) is 5.85. The molecule has 0 aromatic rings. The molecule has 0 aromatic heterocycles. The number of aliphatic hydroxyl groups excluding tert-OH is 2. The summed E-state index contributed by atoms with van der Waals surface area (Å²) in [5.41, 5.74) is 0. The monoisotopic (exact) mass is 208 g/mol. The molecule has 0 spiro atoms. The van der Waals surface area contributed by atoms with Crippen molar-refractivity contribution in [3.8, 4) is 5.75 Å². The summed E-state index contributed by atoms with van der Waals surface area (Å²) in [5.74, 6) is 2.62. The zero-order valence-electron chi connectivity index (χ0n) is 8.69. The first kappa shape index (κ1) is 15.4. The zero-order chi connectivity index (χ0) is 10.9. The third kappa shape index (κ3) is 18.7. The molecule has 0 aliphatic rings. The minimum atomic E-state index is -0.167. The number of aliphatic hydroxyl groups is 2. The van der Waals surface area contributed by atoms with Gasteiger partial charge in [-0.05, 0) is 13.8 Å². The van der Waals surface area contributed by atoms with Crippen molar-refractivity contribution in [2.75, 3.05) is 27.2 Å². The fraction of sp³-hybridized carbons (Fsp3) is 0.875. The summed E-state index contributed by atoms with van der Waals surface area (Å²) in [6.07, 6.45) is -0.167. The van der Waals surface area contributed by atoms with Crippen LogP contribution in [0.1, 0.15) is 13.8 Å². The van der Waals surface area contributed by atoms with E-state index in [-0.39, 0.29) is 20.6 Å². The summed E-state index contributed by atoms with van der Waals surface area (Å²) in [6.45, 7) is 4.09. The van der Waals surface area contributed by atoms with Crippen molar-refractivity contribution in [3.63, 3.8) is 0 Å². The van der Waals surface area contributed by atoms with Crippen LogP contribution in [0.15, 0.2) is 0 Å². The number of rotatable bonds is 2. The van der Waals surface area contributed by atoms with Crippen molar-refractivity contribution in [2.24, 2.45) is 0 Å². The van der Waals surface area contributed by atoms with Crippen molar-refractivity contribution in [2.45, 2.75) is 20.0 Å². The zero-order valence-corrected chi connectivity index (χ0v) is 9.58. The van der Waals surface area contributed by atoms with Crippen molar-refractivity contribution >= 4 is 7.92 Å². The third-order valence-electron chi connectivity index (χ3n) is 0.971. The molecule has 0 aromatic carbocycles. The summed E-state index contributed by atoms with van der Waals surface area (Å²) in [6, 6.07) is 0. The molecule has 0 atom stereocenters. The van der Waals surface area contributed by atoms with E-state index in [1.807, 2.05) is 14.1 Å². The van der Waals surface area contributed by atoms with Gasteiger partial charge in [-0.1, -0.05) is 0 Å². The molecule has 13 heavy (non-hydrogen) atoms. The number of hydrogen-bond donors (Lipinski definition) is 2. The van der Waals surface area contributed by atoms with Gasteiger partial charge in [0.15, 0.2) is 0 Å². The van der Waals surface area contributed by atoms with Crippen LogP contribution in [0.2, 0.25) is 0 Å². The van der Waals surface area contributed by atoms with E-state index in [1.54, 1.807) is 13.8 Å². The molecule has 78 valence electrons. The van der Waals surface area contributed by atoms with Crippen molar-refractivity contribution < 1.29 is 19.3 Å². The Bertz CT molecular complexity index is 206. The van der Waals surface area contributed by atoms with Gasteiger partial charge in [0.1, 0.15) is 0 Å². The average Bonchev–Trinajstić information content (AvgIpc) is 1.84. The molecule has 5 heteroatoms. The van der Waals surface area contributed by atoms with Crippen LogP contribution < -0.4 is 0 Å². The van der Waals surface area contributed by atoms with E-state index in [2.05, 4.69) is 5.75 Å². The second-order valence-electron chi connectivity index (χ2n) is 3.42. The standard InChI is InChI=1S/C5H11NO2P.C3H8O/c1-6(2,3-4-7)5-9-8;1-3(2)4/h7H,3-4H2,1-2H3;3-4H,1-2H3/q+1;. The van der Waals surface area contributed by atoms with E-state index >= 15 is 0 Å². The van der Waals surface area contributed by atoms with Gasteiger partial charge in [-0.15, -0.1) is 0 Å². The van der Waals surface area contributed by atoms with Crippen LogP contribution in [0.5, 0.6) is 0 Å². The van der Waals surface area contributed by atoms with Crippen LogP contribution >= 0.6 is 7.92 Å². The Balaban J connectivity index is 0. The number of nitrogens with zero attached hydrogens (tertiary/aromatic N) is 1. The van der Waals surface area contributed by atoms with E-state index in [9.17, 15) is 4.57 Å². The summed E-state index contributed by atoms with van der Waals surface area (Å²) >= 11 is 0. The fourth-order valence-corrected chi connectivity index (χ4v) is 0.732. The quantitative estimate of drug-likeness (QED) is 0.517. The molecular formula is C8H19NO3P+. The first-order valence-electron chi connectivity index (χ1n) is 4.07. The second kappa shape index (κ2) is 8.49. The van der Waals surface area contributed by atoms with E-state index in [0.29, 0.717) is 11.0 Å². The minimum absolute atomic E-state index is 0.0928. The Hall–Kier alpha value is -0.110. The number of likely N-dealkylation sites (N-methyl/N-ethyl adjacent to an activating group) is 1. The molecule has 0 unspecified atom stereocenters. The van der Waals surface area contributed by atoms with Gasteiger partial charge in [0.2, 0.25) is 0 Å². The van der Waals surface area contributed by atoms with E-state index in [4.69, 9.17) is 10.2 Å². The van der Waals surface area contributed by atoms with Crippen molar-refractivity contribution in [1.82, 2.24) is 0 Å². The van der Waals surface area contributed by atoms with Crippen LogP contribution in [0.25, 0.3) is 0 Å². The molecule has 0 aliphatic heterocycles. The summed E-state index contributed by atoms with van der Waals surface area (Å²) in [4.78, 5) is 0. The summed E-state index contributed by atoms with van der Waals surface area (Å²) in [7, 11) is 3.54. The number of quaternary nitrogens is 1. The number of hydrogen-bond acceptors (Lipinski definition) is 3. The predicted molar refractivity (Wildman–Crippen MR) is 52.9 cm³/mol. The molecule has 0 aliphatic carbocycles. The van der Waals surface area contributed by atoms with Crippen LogP contribution in [-0.2, 0) is 4.57 Å². The SMILES string of the molecule is CC(C)O.C[N+](C)(C#P=O)CCO. The molecule has 0 bridgehead atoms. The topological polar surface area (TPSA) is 57.5 Å². The average molecular weight is 208 g/mol. The predicted octanol–water partition coefficient (Wildman–Crippen LogP) is 0.651. The maximum atomic E-state index is 9.98. The van der Waals surface area contributed by atoms with Crippen LogP contribution in [0.4, 0.5) is 0 Å². The van der Waals surface area contributed by atoms with Gasteiger partial charge >= 0.3 is 55.1 Å². The Morgan fingerprint density at radius 1 is 1.46 bits per heavy atom. The molecule has 0 saturated heterocycles. The molecule has 0 heterocycles. The molecule has 0 fully saturated rings. The van der Waals surface area contributed by atoms with Gasteiger partial charge in [-0.3, -0.25) is 0 Å². The van der Waals surface area contributed by atoms with Crippen molar-refractivity contribution in [1.29, 1.82) is 0 Å². The molecule has 0 amide bonds. The molecular weight excluding hydrogens is 189 g/mol. The molecule has 0 radical (unpaired) electrons. The van der Waals surface area contributed by atoms with Gasteiger partial charge in [-0.2, -0.15) is 0 Å². The molecule has 0 rings (SSSR count). The van der Waals surface area contributed by atoms with Crippen molar-refractivity contribution in [3.05, 3.63) is 0 Å². The molecule has 4 nitrogen and oxygen atoms in total. The second-order valence-corrected chi connectivity index (χ2v) is 3.80. The Labute approximate surface area is 80.9 Å². The first-order valence-corrected chi connectivity index (χ1v) is 4.88. The van der Waals surface area contributed by atoms with Gasteiger partial charge in [0.25, 0.3) is 0 Å². The van der Waals surface area contributed by atoms with E-state index in [1.165, 1.54) is 0 Å².